The number of carbonyl (C=O) groups excluding carboxylic acids is 2. The molecule has 32 heavy (non-hydrogen) atoms. The Balaban J connectivity index is 1.72. The second-order valence-corrected chi connectivity index (χ2v) is 9.18. The van der Waals surface area contributed by atoms with Gasteiger partial charge in [0.25, 0.3) is 11.8 Å². The topological polar surface area (TPSA) is 67.9 Å². The van der Waals surface area contributed by atoms with Crippen LogP contribution >= 0.6 is 35.6 Å². The molecule has 0 aromatic heterocycles. The van der Waals surface area contributed by atoms with E-state index in [4.69, 9.17) is 33.3 Å². The van der Waals surface area contributed by atoms with Crippen LogP contribution in [0.1, 0.15) is 26.3 Å². The van der Waals surface area contributed by atoms with E-state index in [0.29, 0.717) is 38.0 Å². The van der Waals surface area contributed by atoms with Gasteiger partial charge in [-0.25, -0.2) is 0 Å². The molecular weight excluding hydrogens is 468 g/mol. The van der Waals surface area contributed by atoms with Crippen LogP contribution in [0.15, 0.2) is 47.4 Å². The molecular formula is C23H23ClN2O4S2. The summed E-state index contributed by atoms with van der Waals surface area (Å²) in [6, 6.07) is 12.2. The number of para-hydroxylation sites is 1. The molecule has 0 spiro atoms. The maximum atomic E-state index is 12.6. The highest BCUT2D eigenvalue weighted by molar-refractivity contribution is 8.26. The number of rotatable bonds is 8. The van der Waals surface area contributed by atoms with Crippen LogP contribution in [0, 0.1) is 0 Å². The van der Waals surface area contributed by atoms with Crippen molar-refractivity contribution in [2.24, 2.45) is 0 Å². The molecule has 0 atom stereocenters. The van der Waals surface area contributed by atoms with Crippen LogP contribution in [-0.4, -0.2) is 40.3 Å². The van der Waals surface area contributed by atoms with Crippen molar-refractivity contribution in [3.63, 3.8) is 0 Å². The van der Waals surface area contributed by atoms with Gasteiger partial charge < -0.3 is 14.8 Å². The summed E-state index contributed by atoms with van der Waals surface area (Å²) in [4.78, 5) is 27.0. The maximum Gasteiger partial charge on any atom is 0.266 e. The molecule has 0 bridgehead atoms. The molecule has 1 heterocycles. The molecule has 0 unspecified atom stereocenters. The fourth-order valence-corrected chi connectivity index (χ4v) is 4.68. The van der Waals surface area contributed by atoms with Crippen LogP contribution in [0.4, 0.5) is 5.69 Å². The Bertz CT molecular complexity index is 1070. The van der Waals surface area contributed by atoms with Crippen molar-refractivity contribution in [1.29, 1.82) is 0 Å². The number of nitrogens with zero attached hydrogens (tertiary/aromatic N) is 1. The minimum absolute atomic E-state index is 0.0000698. The van der Waals surface area contributed by atoms with Gasteiger partial charge in [-0.2, -0.15) is 0 Å². The van der Waals surface area contributed by atoms with E-state index in [-0.39, 0.29) is 24.5 Å². The van der Waals surface area contributed by atoms with Gasteiger partial charge in [0.15, 0.2) is 18.1 Å². The highest BCUT2D eigenvalue weighted by Gasteiger charge is 2.33. The van der Waals surface area contributed by atoms with Gasteiger partial charge in [0.1, 0.15) is 4.32 Å². The van der Waals surface area contributed by atoms with Crippen molar-refractivity contribution in [3.05, 3.63) is 58.0 Å². The Kier molecular flexibility index (Phi) is 8.17. The molecule has 0 saturated carbocycles. The van der Waals surface area contributed by atoms with Crippen LogP contribution in [0.3, 0.4) is 0 Å². The minimum Gasteiger partial charge on any atom is -0.490 e. The van der Waals surface area contributed by atoms with Gasteiger partial charge in [0.2, 0.25) is 0 Å². The second-order valence-electron chi connectivity index (χ2n) is 7.10. The van der Waals surface area contributed by atoms with E-state index >= 15 is 0 Å². The van der Waals surface area contributed by atoms with E-state index in [1.165, 1.54) is 11.8 Å². The Hall–Kier alpha value is -2.55. The first-order chi connectivity index (χ1) is 15.3. The lowest BCUT2D eigenvalue weighted by Crippen LogP contribution is -2.34. The van der Waals surface area contributed by atoms with Gasteiger partial charge in [-0.3, -0.25) is 14.5 Å². The molecule has 1 aliphatic heterocycles. The van der Waals surface area contributed by atoms with E-state index in [1.54, 1.807) is 53.4 Å². The largest absolute Gasteiger partial charge is 0.490 e. The number of carbonyl (C=O) groups is 2. The van der Waals surface area contributed by atoms with Gasteiger partial charge in [-0.15, -0.1) is 0 Å². The molecule has 1 N–H and O–H groups in total. The SMILES string of the molecule is CCOc1cc(/C=C2\SC(=S)N(C(C)C)C2=O)ccc1OCC(=O)Nc1ccccc1Cl. The monoisotopic (exact) mass is 490 g/mol. The van der Waals surface area contributed by atoms with Gasteiger partial charge in [-0.05, 0) is 56.7 Å². The molecule has 6 nitrogen and oxygen atoms in total. The van der Waals surface area contributed by atoms with Gasteiger partial charge in [0, 0.05) is 6.04 Å². The second kappa shape index (κ2) is 10.8. The van der Waals surface area contributed by atoms with Crippen molar-refractivity contribution < 1.29 is 19.1 Å². The zero-order valence-corrected chi connectivity index (χ0v) is 20.3. The number of ether oxygens (including phenoxy) is 2. The van der Waals surface area contributed by atoms with Crippen molar-refractivity contribution in [1.82, 2.24) is 4.90 Å². The van der Waals surface area contributed by atoms with E-state index in [1.807, 2.05) is 20.8 Å². The van der Waals surface area contributed by atoms with Crippen molar-refractivity contribution in [3.8, 4) is 11.5 Å². The average Bonchev–Trinajstić information content (AvgIpc) is 3.02. The lowest BCUT2D eigenvalue weighted by Gasteiger charge is -2.18. The Morgan fingerprint density at radius 2 is 1.97 bits per heavy atom. The fourth-order valence-electron chi connectivity index (χ4n) is 2.97. The first-order valence-electron chi connectivity index (χ1n) is 10.0. The summed E-state index contributed by atoms with van der Waals surface area (Å²) in [5.41, 5.74) is 1.28. The lowest BCUT2D eigenvalue weighted by molar-refractivity contribution is -0.123. The standard InChI is InChI=1S/C23H23ClN2O4S2/c1-4-29-19-11-15(12-20-22(28)26(14(2)3)23(31)32-20)9-10-18(19)30-13-21(27)25-17-8-6-5-7-16(17)24/h5-12,14H,4,13H2,1-3H3,(H,25,27)/b20-12-. The number of halogens is 1. The smallest absolute Gasteiger partial charge is 0.266 e. The summed E-state index contributed by atoms with van der Waals surface area (Å²) in [5, 5.41) is 3.16. The third kappa shape index (κ3) is 5.82. The summed E-state index contributed by atoms with van der Waals surface area (Å²) in [6.07, 6.45) is 1.78. The minimum atomic E-state index is -0.345. The van der Waals surface area contributed by atoms with Crippen molar-refractivity contribution in [2.45, 2.75) is 26.8 Å². The van der Waals surface area contributed by atoms with E-state index in [0.717, 1.165) is 5.56 Å². The number of thioether (sulfide) groups is 1. The Morgan fingerprint density at radius 1 is 1.22 bits per heavy atom. The molecule has 2 aromatic carbocycles. The maximum absolute atomic E-state index is 12.6. The first kappa shape index (κ1) is 24.1. The zero-order valence-electron chi connectivity index (χ0n) is 17.9. The molecule has 9 heteroatoms. The zero-order chi connectivity index (χ0) is 23.3. The first-order valence-corrected chi connectivity index (χ1v) is 11.6. The van der Waals surface area contributed by atoms with Crippen molar-refractivity contribution >= 4 is 63.5 Å². The molecule has 0 radical (unpaired) electrons. The fraction of sp³-hybridized carbons (Fsp3) is 0.261. The number of hydrogen-bond acceptors (Lipinski definition) is 6. The number of amides is 2. The quantitative estimate of drug-likeness (QED) is 0.396. The summed E-state index contributed by atoms with van der Waals surface area (Å²) >= 11 is 12.7. The summed E-state index contributed by atoms with van der Waals surface area (Å²) in [6.45, 7) is 5.91. The predicted molar refractivity (Wildman–Crippen MR) is 133 cm³/mol. The Labute approximate surface area is 201 Å². The van der Waals surface area contributed by atoms with Gasteiger partial charge >= 0.3 is 0 Å². The van der Waals surface area contributed by atoms with Crippen LogP contribution in [0.2, 0.25) is 5.02 Å². The van der Waals surface area contributed by atoms with E-state index in [9.17, 15) is 9.59 Å². The number of hydrogen-bond donors (Lipinski definition) is 1. The van der Waals surface area contributed by atoms with E-state index in [2.05, 4.69) is 5.32 Å². The third-order valence-corrected chi connectivity index (χ3v) is 6.07. The van der Waals surface area contributed by atoms with Crippen LogP contribution in [0.25, 0.3) is 6.08 Å². The molecule has 1 aliphatic rings. The van der Waals surface area contributed by atoms with Crippen LogP contribution < -0.4 is 14.8 Å². The van der Waals surface area contributed by atoms with Gasteiger partial charge in [-0.1, -0.05) is 53.8 Å². The Morgan fingerprint density at radius 3 is 2.62 bits per heavy atom. The number of benzene rings is 2. The summed E-state index contributed by atoms with van der Waals surface area (Å²) < 4.78 is 11.9. The number of nitrogens with one attached hydrogen (secondary N) is 1. The highest BCUT2D eigenvalue weighted by Crippen LogP contribution is 2.35. The molecule has 1 fully saturated rings. The molecule has 168 valence electrons. The number of anilines is 1. The van der Waals surface area contributed by atoms with E-state index < -0.39 is 0 Å². The number of thiocarbonyl (C=S) groups is 1. The lowest BCUT2D eigenvalue weighted by atomic mass is 10.1. The van der Waals surface area contributed by atoms with Gasteiger partial charge in [0.05, 0.1) is 22.2 Å². The average molecular weight is 491 g/mol. The van der Waals surface area contributed by atoms with Crippen molar-refractivity contribution in [2.75, 3.05) is 18.5 Å². The summed E-state index contributed by atoms with van der Waals surface area (Å²) in [5.74, 6) is 0.450. The predicted octanol–water partition coefficient (Wildman–Crippen LogP) is 5.37. The van der Waals surface area contributed by atoms with Crippen LogP contribution in [-0.2, 0) is 9.59 Å². The highest BCUT2D eigenvalue weighted by atomic mass is 35.5. The molecule has 0 aliphatic carbocycles. The molecule has 2 aromatic rings. The summed E-state index contributed by atoms with van der Waals surface area (Å²) in [7, 11) is 0. The molecule has 2 amide bonds. The normalized spacial score (nSPS) is 14.9. The van der Waals surface area contributed by atoms with Crippen LogP contribution in [0.5, 0.6) is 11.5 Å². The molecule has 3 rings (SSSR count). The third-order valence-electron chi connectivity index (χ3n) is 4.41. The molecule has 1 saturated heterocycles.